The Morgan fingerprint density at radius 1 is 1.28 bits per heavy atom. The number of hydrogen-bond acceptors (Lipinski definition) is 3. The summed E-state index contributed by atoms with van der Waals surface area (Å²) >= 11 is 2.05. The smallest absolute Gasteiger partial charge is 0.271 e. The Morgan fingerprint density at radius 2 is 1.94 bits per heavy atom. The van der Waals surface area contributed by atoms with Gasteiger partial charge in [0.25, 0.3) is 5.69 Å². The molecule has 1 aliphatic heterocycles. The Kier molecular flexibility index (Phi) is 4.15. The molecule has 0 aliphatic carbocycles. The van der Waals surface area contributed by atoms with Gasteiger partial charge < -0.3 is 4.90 Å². The highest BCUT2D eigenvalue weighted by atomic mass is 127. The van der Waals surface area contributed by atoms with Crippen LogP contribution in [0.25, 0.3) is 0 Å². The number of nitro benzene ring substituents is 1. The van der Waals surface area contributed by atoms with E-state index in [0.29, 0.717) is 11.4 Å². The first kappa shape index (κ1) is 13.3. The molecule has 1 N–H and O–H groups in total. The number of nitrogens with zero attached hydrogens (tertiary/aromatic N) is 2. The van der Waals surface area contributed by atoms with Crippen molar-refractivity contribution >= 4 is 34.1 Å². The summed E-state index contributed by atoms with van der Waals surface area (Å²) in [6.45, 7) is 1.75. The number of piperidine rings is 1. The van der Waals surface area contributed by atoms with Crippen LogP contribution in [0.15, 0.2) is 18.2 Å². The average Bonchev–Trinajstić information content (AvgIpc) is 2.38. The second kappa shape index (κ2) is 5.64. The fourth-order valence-electron chi connectivity index (χ4n) is 2.12. The van der Waals surface area contributed by atoms with Gasteiger partial charge in [-0.25, -0.2) is 0 Å². The number of non-ortho nitro benzene ring substituents is 1. The van der Waals surface area contributed by atoms with E-state index in [4.69, 9.17) is 5.41 Å². The second-order valence-corrected chi connectivity index (χ2v) is 5.60. The van der Waals surface area contributed by atoms with Crippen molar-refractivity contribution in [2.45, 2.75) is 19.3 Å². The average molecular weight is 359 g/mol. The molecule has 2 rings (SSSR count). The van der Waals surface area contributed by atoms with Crippen molar-refractivity contribution in [3.63, 3.8) is 0 Å². The second-order valence-electron chi connectivity index (χ2n) is 4.35. The molecule has 0 aromatic heterocycles. The van der Waals surface area contributed by atoms with Gasteiger partial charge in [0.2, 0.25) is 0 Å². The third-order valence-corrected chi connectivity index (χ3v) is 3.66. The molecule has 18 heavy (non-hydrogen) atoms. The fraction of sp³-hybridized carbons (Fsp3) is 0.417. The summed E-state index contributed by atoms with van der Waals surface area (Å²) in [4.78, 5) is 12.4. The minimum absolute atomic E-state index is 0.0543. The molecule has 5 nitrogen and oxygen atoms in total. The van der Waals surface area contributed by atoms with Crippen LogP contribution >= 0.6 is 22.6 Å². The quantitative estimate of drug-likeness (QED) is 0.290. The lowest BCUT2D eigenvalue weighted by Gasteiger charge is -2.29. The van der Waals surface area contributed by atoms with Gasteiger partial charge in [0, 0.05) is 34.4 Å². The van der Waals surface area contributed by atoms with E-state index in [1.54, 1.807) is 0 Å². The standard InChI is InChI=1S/C12H14IN3O2/c13-10-6-9(7-11(8-10)16(17)18)12(14)15-4-2-1-3-5-15/h6-8,14H,1-5H2. The summed E-state index contributed by atoms with van der Waals surface area (Å²) in [5.41, 5.74) is 0.689. The summed E-state index contributed by atoms with van der Waals surface area (Å²) in [5, 5.41) is 19.0. The molecule has 96 valence electrons. The number of halogens is 1. The van der Waals surface area contributed by atoms with Crippen LogP contribution in [0.1, 0.15) is 24.8 Å². The lowest BCUT2D eigenvalue weighted by molar-refractivity contribution is -0.385. The fourth-order valence-corrected chi connectivity index (χ4v) is 2.77. The first-order chi connectivity index (χ1) is 8.58. The van der Waals surface area contributed by atoms with E-state index < -0.39 is 4.92 Å². The van der Waals surface area contributed by atoms with Crippen molar-refractivity contribution in [3.05, 3.63) is 37.4 Å². The maximum absolute atomic E-state index is 10.8. The number of benzene rings is 1. The van der Waals surface area contributed by atoms with Gasteiger partial charge in [0.05, 0.1) is 4.92 Å². The highest BCUT2D eigenvalue weighted by molar-refractivity contribution is 14.1. The van der Waals surface area contributed by atoms with Gasteiger partial charge in [-0.15, -0.1) is 0 Å². The highest BCUT2D eigenvalue weighted by Gasteiger charge is 2.18. The van der Waals surface area contributed by atoms with E-state index in [0.717, 1.165) is 29.5 Å². The zero-order valence-electron chi connectivity index (χ0n) is 9.86. The Morgan fingerprint density at radius 3 is 2.56 bits per heavy atom. The Balaban J connectivity index is 2.26. The van der Waals surface area contributed by atoms with Gasteiger partial charge in [-0.3, -0.25) is 15.5 Å². The number of likely N-dealkylation sites (tertiary alicyclic amines) is 1. The van der Waals surface area contributed by atoms with Crippen LogP contribution in [-0.2, 0) is 0 Å². The van der Waals surface area contributed by atoms with E-state index in [1.807, 2.05) is 33.6 Å². The molecule has 1 saturated heterocycles. The van der Waals surface area contributed by atoms with Crippen LogP contribution < -0.4 is 0 Å². The van der Waals surface area contributed by atoms with Crippen LogP contribution in [0.4, 0.5) is 5.69 Å². The van der Waals surface area contributed by atoms with E-state index in [9.17, 15) is 10.1 Å². The van der Waals surface area contributed by atoms with Gasteiger partial charge >= 0.3 is 0 Å². The highest BCUT2D eigenvalue weighted by Crippen LogP contribution is 2.21. The Labute approximate surface area is 119 Å². The summed E-state index contributed by atoms with van der Waals surface area (Å²) < 4.78 is 0.790. The molecule has 0 radical (unpaired) electrons. The lowest BCUT2D eigenvalue weighted by atomic mass is 10.1. The first-order valence-electron chi connectivity index (χ1n) is 5.87. The third-order valence-electron chi connectivity index (χ3n) is 3.04. The predicted octanol–water partition coefficient (Wildman–Crippen LogP) is 3.01. The van der Waals surface area contributed by atoms with E-state index in [1.165, 1.54) is 18.6 Å². The summed E-state index contributed by atoms with van der Waals surface area (Å²) in [7, 11) is 0. The molecule has 1 heterocycles. The van der Waals surface area contributed by atoms with Gasteiger partial charge in [0.15, 0.2) is 0 Å². The molecule has 0 spiro atoms. The molecule has 0 atom stereocenters. The Bertz CT molecular complexity index is 484. The minimum atomic E-state index is -0.408. The largest absolute Gasteiger partial charge is 0.357 e. The zero-order valence-corrected chi connectivity index (χ0v) is 12.0. The molecule has 0 amide bonds. The van der Waals surface area contributed by atoms with Crippen molar-refractivity contribution < 1.29 is 4.92 Å². The third kappa shape index (κ3) is 2.98. The van der Waals surface area contributed by atoms with E-state index in [-0.39, 0.29) is 5.69 Å². The number of amidine groups is 1. The van der Waals surface area contributed by atoms with Crippen LogP contribution in [-0.4, -0.2) is 28.7 Å². The minimum Gasteiger partial charge on any atom is -0.357 e. The van der Waals surface area contributed by atoms with Gasteiger partial charge in [-0.05, 0) is 47.9 Å². The number of rotatable bonds is 2. The van der Waals surface area contributed by atoms with Crippen molar-refractivity contribution in [1.82, 2.24) is 4.90 Å². The lowest BCUT2D eigenvalue weighted by Crippen LogP contribution is -2.35. The molecule has 0 unspecified atom stereocenters. The zero-order chi connectivity index (χ0) is 13.1. The number of nitrogens with one attached hydrogen (secondary N) is 1. The van der Waals surface area contributed by atoms with E-state index >= 15 is 0 Å². The topological polar surface area (TPSA) is 70.2 Å². The van der Waals surface area contributed by atoms with Crippen LogP contribution in [0.2, 0.25) is 0 Å². The normalized spacial score (nSPS) is 15.5. The molecule has 1 aromatic carbocycles. The van der Waals surface area contributed by atoms with Gasteiger partial charge in [-0.2, -0.15) is 0 Å². The SMILES string of the molecule is N=C(c1cc(I)cc([N+](=O)[O-])c1)N1CCCCC1. The summed E-state index contributed by atoms with van der Waals surface area (Å²) in [6, 6.07) is 4.83. The number of nitro groups is 1. The molecule has 1 aliphatic rings. The molecular weight excluding hydrogens is 345 g/mol. The number of hydrogen-bond donors (Lipinski definition) is 1. The first-order valence-corrected chi connectivity index (χ1v) is 6.94. The van der Waals surface area contributed by atoms with Crippen molar-refractivity contribution in [1.29, 1.82) is 5.41 Å². The summed E-state index contributed by atoms with van der Waals surface area (Å²) in [6.07, 6.45) is 3.39. The predicted molar refractivity (Wildman–Crippen MR) is 78.1 cm³/mol. The molecule has 1 fully saturated rings. The van der Waals surface area contributed by atoms with Crippen LogP contribution in [0.3, 0.4) is 0 Å². The molecule has 0 bridgehead atoms. The molecule has 0 saturated carbocycles. The van der Waals surface area contributed by atoms with Gasteiger partial charge in [0.1, 0.15) is 5.84 Å². The summed E-state index contributed by atoms with van der Waals surface area (Å²) in [5.74, 6) is 0.399. The Hall–Kier alpha value is -1.18. The van der Waals surface area contributed by atoms with Crippen molar-refractivity contribution in [2.75, 3.05) is 13.1 Å². The van der Waals surface area contributed by atoms with Crippen molar-refractivity contribution in [3.8, 4) is 0 Å². The molecular formula is C12H14IN3O2. The van der Waals surface area contributed by atoms with Crippen molar-refractivity contribution in [2.24, 2.45) is 0 Å². The monoisotopic (exact) mass is 359 g/mol. The molecule has 1 aromatic rings. The van der Waals surface area contributed by atoms with Gasteiger partial charge in [-0.1, -0.05) is 0 Å². The maximum Gasteiger partial charge on any atom is 0.271 e. The van der Waals surface area contributed by atoms with Crippen LogP contribution in [0.5, 0.6) is 0 Å². The maximum atomic E-state index is 10.8. The van der Waals surface area contributed by atoms with E-state index in [2.05, 4.69) is 0 Å². The molecule has 6 heteroatoms. The van der Waals surface area contributed by atoms with Crippen LogP contribution in [0, 0.1) is 19.1 Å².